The zero-order chi connectivity index (χ0) is 5.86. The van der Waals surface area contributed by atoms with Crippen molar-refractivity contribution in [2.24, 2.45) is 0 Å². The second kappa shape index (κ2) is 2.77. The molecule has 0 aromatic rings. The zero-order valence-electron chi connectivity index (χ0n) is 3.38. The van der Waals surface area contributed by atoms with Crippen LogP contribution in [-0.4, -0.2) is 31.8 Å². The third-order valence-corrected chi connectivity index (χ3v) is 0.598. The first-order valence-electron chi connectivity index (χ1n) is 1.54. The Morgan fingerprint density at radius 3 is 2.00 bits per heavy atom. The van der Waals surface area contributed by atoms with Crippen LogP contribution >= 0.6 is 0 Å². The van der Waals surface area contributed by atoms with Gasteiger partial charge in [-0.25, -0.2) is 0 Å². The van der Waals surface area contributed by atoms with Crippen LogP contribution in [0.25, 0.3) is 0 Å². The van der Waals surface area contributed by atoms with Gasteiger partial charge in [0.25, 0.3) is 0 Å². The van der Waals surface area contributed by atoms with Crippen molar-refractivity contribution in [1.82, 2.24) is 0 Å². The third-order valence-electron chi connectivity index (χ3n) is 0.296. The Morgan fingerprint density at radius 1 is 1.57 bits per heavy atom. The fourth-order valence-electron chi connectivity index (χ4n) is 0.123. The van der Waals surface area contributed by atoms with Crippen molar-refractivity contribution in [3.63, 3.8) is 0 Å². The van der Waals surface area contributed by atoms with Gasteiger partial charge in [0.1, 0.15) is 0 Å². The second-order valence-electron chi connectivity index (χ2n) is 0.943. The van der Waals surface area contributed by atoms with Gasteiger partial charge in [-0.05, 0) is 0 Å². The van der Waals surface area contributed by atoms with Gasteiger partial charge in [-0.15, -0.1) is 0 Å². The maximum atomic E-state index is 9.82. The first kappa shape index (κ1) is 6.66. The molecule has 0 heterocycles. The van der Waals surface area contributed by atoms with Crippen molar-refractivity contribution in [3.8, 4) is 0 Å². The molecule has 0 aliphatic heterocycles. The number of carboxylic acids is 1. The standard InChI is InChI=1S/C3H3O3Se/c4-2(5)1-3(6)7/h1H2,(H,4,5). The summed E-state index contributed by atoms with van der Waals surface area (Å²) in [5, 5.41) is 7.84. The Bertz CT molecular complexity index is 86.4. The van der Waals surface area contributed by atoms with Crippen molar-refractivity contribution < 1.29 is 14.7 Å². The van der Waals surface area contributed by atoms with E-state index in [1.54, 1.807) is 0 Å². The monoisotopic (exact) mass is 167 g/mol. The van der Waals surface area contributed by atoms with Crippen LogP contribution in [0.1, 0.15) is 6.42 Å². The molecule has 0 bridgehead atoms. The van der Waals surface area contributed by atoms with Gasteiger partial charge in [0.2, 0.25) is 0 Å². The molecule has 0 amide bonds. The Labute approximate surface area is 48.5 Å². The zero-order valence-corrected chi connectivity index (χ0v) is 5.09. The molecule has 0 fully saturated rings. The third kappa shape index (κ3) is 5.66. The van der Waals surface area contributed by atoms with Crippen LogP contribution in [0.4, 0.5) is 0 Å². The molecule has 0 saturated heterocycles. The van der Waals surface area contributed by atoms with Crippen LogP contribution < -0.4 is 0 Å². The van der Waals surface area contributed by atoms with Crippen LogP contribution in [0.2, 0.25) is 0 Å². The van der Waals surface area contributed by atoms with E-state index in [9.17, 15) is 9.59 Å². The summed E-state index contributed by atoms with van der Waals surface area (Å²) >= 11 is 2.05. The van der Waals surface area contributed by atoms with Gasteiger partial charge in [0.05, 0.1) is 0 Å². The first-order valence-corrected chi connectivity index (χ1v) is 2.40. The average molecular weight is 166 g/mol. The molecule has 0 unspecified atom stereocenters. The van der Waals surface area contributed by atoms with Gasteiger partial charge in [0.15, 0.2) is 0 Å². The summed E-state index contributed by atoms with van der Waals surface area (Å²) in [6, 6.07) is 0. The predicted octanol–water partition coefficient (Wildman–Crippen LogP) is -0.844. The number of carbonyl (C=O) groups excluding carboxylic acids is 1. The van der Waals surface area contributed by atoms with E-state index < -0.39 is 17.1 Å². The minimum absolute atomic E-state index is 0.417. The molecule has 4 heteroatoms. The number of hydrogen-bond acceptors (Lipinski definition) is 2. The summed E-state index contributed by atoms with van der Waals surface area (Å²) in [7, 11) is 0. The van der Waals surface area contributed by atoms with Crippen LogP contribution in [-0.2, 0) is 9.59 Å². The molecule has 0 aliphatic rings. The molecule has 0 aromatic carbocycles. The number of carboxylic acid groups (broad SMARTS) is 1. The summed E-state index contributed by atoms with van der Waals surface area (Å²) in [5.74, 6) is -1.09. The van der Waals surface area contributed by atoms with Crippen molar-refractivity contribution in [2.45, 2.75) is 6.42 Å². The number of rotatable bonds is 2. The molecular formula is C3H3O3Se. The van der Waals surface area contributed by atoms with E-state index in [0.29, 0.717) is 0 Å². The topological polar surface area (TPSA) is 54.4 Å². The molecule has 0 atom stereocenters. The fraction of sp³-hybridized carbons (Fsp3) is 0.333. The molecule has 7 heavy (non-hydrogen) atoms. The molecule has 0 aromatic heterocycles. The van der Waals surface area contributed by atoms with Crippen LogP contribution in [0.3, 0.4) is 0 Å². The van der Waals surface area contributed by atoms with Gasteiger partial charge >= 0.3 is 47.8 Å². The summed E-state index contributed by atoms with van der Waals surface area (Å²) in [6.45, 7) is 0. The molecule has 1 radical (unpaired) electrons. The average Bonchev–Trinajstić information content (AvgIpc) is 1.27. The first-order chi connectivity index (χ1) is 3.13. The molecule has 0 rings (SSSR count). The van der Waals surface area contributed by atoms with E-state index in [-0.39, 0.29) is 0 Å². The molecule has 39 valence electrons. The summed E-state index contributed by atoms with van der Waals surface area (Å²) in [5.41, 5.74) is 0. The summed E-state index contributed by atoms with van der Waals surface area (Å²) in [6.07, 6.45) is -0.417. The molecular weight excluding hydrogens is 163 g/mol. The Hall–Kier alpha value is -0.341. The van der Waals surface area contributed by atoms with E-state index in [1.165, 1.54) is 0 Å². The second-order valence-corrected chi connectivity index (χ2v) is 1.90. The van der Waals surface area contributed by atoms with Crippen molar-refractivity contribution in [1.29, 1.82) is 0 Å². The fourth-order valence-corrected chi connectivity index (χ4v) is 0.383. The molecule has 0 aliphatic carbocycles. The Balaban J connectivity index is 3.32. The quantitative estimate of drug-likeness (QED) is 0.429. The normalized spacial score (nSPS) is 8.00. The summed E-state index contributed by atoms with van der Waals surface area (Å²) < 4.78 is -0.437. The van der Waals surface area contributed by atoms with Crippen molar-refractivity contribution in [2.75, 3.05) is 0 Å². The van der Waals surface area contributed by atoms with Crippen molar-refractivity contribution >= 4 is 26.7 Å². The number of carbonyl (C=O) groups is 2. The Kier molecular flexibility index (Phi) is 2.64. The molecule has 1 N–H and O–H groups in total. The molecule has 0 spiro atoms. The van der Waals surface area contributed by atoms with E-state index >= 15 is 0 Å². The van der Waals surface area contributed by atoms with E-state index in [1.807, 2.05) is 0 Å². The van der Waals surface area contributed by atoms with Crippen LogP contribution in [0, 0.1) is 0 Å². The van der Waals surface area contributed by atoms with Gasteiger partial charge in [-0.3, -0.25) is 0 Å². The molecule has 0 saturated carbocycles. The maximum absolute atomic E-state index is 9.82. The summed E-state index contributed by atoms with van der Waals surface area (Å²) in [4.78, 5) is 19.4. The van der Waals surface area contributed by atoms with Gasteiger partial charge in [-0.2, -0.15) is 0 Å². The van der Waals surface area contributed by atoms with Gasteiger partial charge in [0, 0.05) is 0 Å². The molecule has 3 nitrogen and oxygen atoms in total. The minimum atomic E-state index is -1.09. The van der Waals surface area contributed by atoms with Gasteiger partial charge in [-0.1, -0.05) is 0 Å². The van der Waals surface area contributed by atoms with Crippen LogP contribution in [0.5, 0.6) is 0 Å². The van der Waals surface area contributed by atoms with E-state index in [0.717, 1.165) is 0 Å². The van der Waals surface area contributed by atoms with Gasteiger partial charge < -0.3 is 0 Å². The van der Waals surface area contributed by atoms with Crippen molar-refractivity contribution in [3.05, 3.63) is 0 Å². The predicted molar refractivity (Wildman–Crippen MR) is 23.0 cm³/mol. The Morgan fingerprint density at radius 2 is 2.00 bits per heavy atom. The van der Waals surface area contributed by atoms with E-state index in [4.69, 9.17) is 5.11 Å². The van der Waals surface area contributed by atoms with Crippen LogP contribution in [0.15, 0.2) is 0 Å². The number of aliphatic carboxylic acids is 1. The van der Waals surface area contributed by atoms with E-state index in [2.05, 4.69) is 16.0 Å². The number of hydrogen-bond donors (Lipinski definition) is 1. The SMILES string of the molecule is O=C(O)CC(=O)[Se].